The number of aromatic nitrogens is 3. The van der Waals surface area contributed by atoms with Gasteiger partial charge in [0.25, 0.3) is 5.91 Å². The fraction of sp³-hybridized carbons (Fsp3) is 0.391. The van der Waals surface area contributed by atoms with E-state index in [1.807, 2.05) is 0 Å². The molecule has 1 saturated heterocycles. The summed E-state index contributed by atoms with van der Waals surface area (Å²) in [5.74, 6) is -1.83. The number of carbonyl (C=O) groups is 1. The first-order chi connectivity index (χ1) is 18.3. The number of likely N-dealkylation sites (tertiary alicyclic amines) is 1. The van der Waals surface area contributed by atoms with Gasteiger partial charge in [-0.2, -0.15) is 30.7 Å². The summed E-state index contributed by atoms with van der Waals surface area (Å²) in [4.78, 5) is 21.3. The van der Waals surface area contributed by atoms with E-state index >= 15 is 0 Å². The highest BCUT2D eigenvalue weighted by molar-refractivity contribution is 7.10. The second-order valence-corrected chi connectivity index (χ2v) is 9.47. The highest BCUT2D eigenvalue weighted by Gasteiger charge is 2.34. The Morgan fingerprint density at radius 1 is 1.15 bits per heavy atom. The van der Waals surface area contributed by atoms with Crippen LogP contribution in [-0.4, -0.2) is 57.1 Å². The Morgan fingerprint density at radius 2 is 1.87 bits per heavy atom. The summed E-state index contributed by atoms with van der Waals surface area (Å²) in [5, 5.41) is 5.32. The Bertz CT molecular complexity index is 1320. The number of hydrogen-bond donors (Lipinski definition) is 2. The van der Waals surface area contributed by atoms with Crippen molar-refractivity contribution in [1.29, 1.82) is 0 Å². The molecular formula is C23H21F7N6O2S. The average molecular weight is 579 g/mol. The normalized spacial score (nSPS) is 15.3. The molecule has 8 nitrogen and oxygen atoms in total. The van der Waals surface area contributed by atoms with E-state index in [1.165, 1.54) is 24.0 Å². The van der Waals surface area contributed by atoms with Crippen LogP contribution in [-0.2, 0) is 6.18 Å². The molecule has 1 fully saturated rings. The van der Waals surface area contributed by atoms with Gasteiger partial charge in [0.15, 0.2) is 17.3 Å². The first-order valence-electron chi connectivity index (χ1n) is 11.5. The van der Waals surface area contributed by atoms with Crippen LogP contribution in [0.15, 0.2) is 30.6 Å². The number of alkyl halides is 6. The van der Waals surface area contributed by atoms with Gasteiger partial charge in [0.2, 0.25) is 0 Å². The van der Waals surface area contributed by atoms with Crippen LogP contribution in [0, 0.1) is 12.7 Å². The van der Waals surface area contributed by atoms with Crippen LogP contribution < -0.4 is 15.4 Å². The first-order valence-corrected chi connectivity index (χ1v) is 12.2. The number of hydrogen-bond acceptors (Lipinski definition) is 8. The Morgan fingerprint density at radius 3 is 2.54 bits per heavy atom. The summed E-state index contributed by atoms with van der Waals surface area (Å²) in [6.07, 6.45) is -7.38. The Labute approximate surface area is 221 Å². The van der Waals surface area contributed by atoms with Gasteiger partial charge in [0.1, 0.15) is 16.9 Å². The number of halogens is 7. The van der Waals surface area contributed by atoms with E-state index in [4.69, 9.17) is 4.74 Å². The molecule has 3 aromatic rings. The maximum atomic E-state index is 14.4. The Hall–Kier alpha value is -3.53. The molecule has 0 atom stereocenters. The van der Waals surface area contributed by atoms with Gasteiger partial charge in [-0.25, -0.2) is 9.37 Å². The molecule has 39 heavy (non-hydrogen) atoms. The Kier molecular flexibility index (Phi) is 8.25. The smallest absolute Gasteiger partial charge is 0.434 e. The van der Waals surface area contributed by atoms with Crippen molar-refractivity contribution < 1.29 is 40.3 Å². The highest BCUT2D eigenvalue weighted by atomic mass is 32.1. The quantitative estimate of drug-likeness (QED) is 0.343. The molecule has 0 spiro atoms. The third kappa shape index (κ3) is 7.53. The number of rotatable bonds is 7. The number of carbonyl (C=O) groups excluding carboxylic acids is 1. The summed E-state index contributed by atoms with van der Waals surface area (Å²) in [7, 11) is 0. The lowest BCUT2D eigenvalue weighted by atomic mass is 10.1. The van der Waals surface area contributed by atoms with Crippen LogP contribution in [0.25, 0.3) is 0 Å². The minimum Gasteiger partial charge on any atom is -0.487 e. The minimum absolute atomic E-state index is 0.0306. The molecule has 1 aliphatic rings. The predicted molar refractivity (Wildman–Crippen MR) is 128 cm³/mol. The molecule has 1 aromatic carbocycles. The molecule has 16 heteroatoms. The van der Waals surface area contributed by atoms with Crippen LogP contribution in [0.1, 0.15) is 34.6 Å². The second-order valence-electron chi connectivity index (χ2n) is 8.69. The van der Waals surface area contributed by atoms with Crippen molar-refractivity contribution in [2.75, 3.05) is 30.3 Å². The molecular weight excluding hydrogens is 557 g/mol. The van der Waals surface area contributed by atoms with Crippen molar-refractivity contribution in [2.45, 2.75) is 38.2 Å². The predicted octanol–water partition coefficient (Wildman–Crippen LogP) is 5.80. The van der Waals surface area contributed by atoms with Crippen molar-refractivity contribution in [3.05, 3.63) is 53.4 Å². The third-order valence-corrected chi connectivity index (χ3v) is 6.53. The number of anilines is 3. The van der Waals surface area contributed by atoms with Crippen LogP contribution in [0.5, 0.6) is 5.75 Å². The number of benzene rings is 1. The summed E-state index contributed by atoms with van der Waals surface area (Å²) in [6.45, 7) is 0.778. The highest BCUT2D eigenvalue weighted by Crippen LogP contribution is 2.32. The monoisotopic (exact) mass is 578 g/mol. The van der Waals surface area contributed by atoms with Gasteiger partial charge in [0, 0.05) is 24.8 Å². The molecule has 1 amide bonds. The van der Waals surface area contributed by atoms with Crippen molar-refractivity contribution in [1.82, 2.24) is 19.2 Å². The zero-order chi connectivity index (χ0) is 28.4. The van der Waals surface area contributed by atoms with Crippen LogP contribution in [0.3, 0.4) is 0 Å². The van der Waals surface area contributed by atoms with E-state index in [0.29, 0.717) is 6.20 Å². The van der Waals surface area contributed by atoms with Crippen LogP contribution in [0.4, 0.5) is 47.2 Å². The summed E-state index contributed by atoms with van der Waals surface area (Å²) in [6, 6.07) is 3.60. The number of ether oxygens (including phenoxy) is 1. The molecule has 3 heterocycles. The Balaban J connectivity index is 1.43. The maximum absolute atomic E-state index is 14.4. The molecule has 1 aliphatic heterocycles. The van der Waals surface area contributed by atoms with Crippen molar-refractivity contribution in [3.63, 3.8) is 0 Å². The van der Waals surface area contributed by atoms with Crippen LogP contribution >= 0.6 is 11.5 Å². The molecule has 0 unspecified atom stereocenters. The molecule has 2 N–H and O–H groups in total. The number of nitrogens with one attached hydrogen (secondary N) is 2. The van der Waals surface area contributed by atoms with E-state index in [2.05, 4.69) is 25.0 Å². The third-order valence-electron chi connectivity index (χ3n) is 5.68. The first kappa shape index (κ1) is 28.5. The van der Waals surface area contributed by atoms with E-state index in [1.54, 1.807) is 0 Å². The van der Waals surface area contributed by atoms with Gasteiger partial charge in [0.05, 0.1) is 30.2 Å². The zero-order valence-corrected chi connectivity index (χ0v) is 21.0. The molecule has 0 saturated carbocycles. The average Bonchev–Trinajstić information content (AvgIpc) is 3.21. The van der Waals surface area contributed by atoms with Gasteiger partial charge in [-0.15, -0.1) is 0 Å². The lowest BCUT2D eigenvalue weighted by Crippen LogP contribution is -2.42. The number of aryl methyl sites for hydroxylation is 1. The van der Waals surface area contributed by atoms with E-state index in [0.717, 1.165) is 23.8 Å². The minimum atomic E-state index is -4.71. The lowest BCUT2D eigenvalue weighted by molar-refractivity contribution is -0.149. The summed E-state index contributed by atoms with van der Waals surface area (Å²) in [5.41, 5.74) is -0.752. The van der Waals surface area contributed by atoms with Crippen LogP contribution in [0.2, 0.25) is 0 Å². The number of piperidine rings is 1. The number of amides is 1. The fourth-order valence-corrected chi connectivity index (χ4v) is 4.69. The zero-order valence-electron chi connectivity index (χ0n) is 20.2. The van der Waals surface area contributed by atoms with Gasteiger partial charge in [-0.3, -0.25) is 14.7 Å². The van der Waals surface area contributed by atoms with E-state index < -0.39 is 42.4 Å². The van der Waals surface area contributed by atoms with E-state index in [-0.39, 0.29) is 59.4 Å². The van der Waals surface area contributed by atoms with Gasteiger partial charge >= 0.3 is 12.4 Å². The standard InChI is InChI=1S/C23H21F7N6O2S/c1-12-19(21(39-35-12)34-18-10-31-9-17(33-18)23(28,29)30)20(37)32-13-2-3-15(24)16(8-13)38-14-4-6-36(7-5-14)11-22(25,26)27/h2-3,8-10,14H,4-7,11H2,1H3,(H,32,37)(H,33,34). The summed E-state index contributed by atoms with van der Waals surface area (Å²) < 4.78 is 101. The van der Waals surface area contributed by atoms with E-state index in [9.17, 15) is 35.5 Å². The maximum Gasteiger partial charge on any atom is 0.434 e. The lowest BCUT2D eigenvalue weighted by Gasteiger charge is -2.32. The van der Waals surface area contributed by atoms with Crippen molar-refractivity contribution in [3.8, 4) is 5.75 Å². The summed E-state index contributed by atoms with van der Waals surface area (Å²) >= 11 is 0.826. The second kappa shape index (κ2) is 11.3. The van der Waals surface area contributed by atoms with Gasteiger partial charge < -0.3 is 15.4 Å². The molecule has 210 valence electrons. The fourth-order valence-electron chi connectivity index (χ4n) is 3.88. The molecule has 4 rings (SSSR count). The molecule has 0 aliphatic carbocycles. The molecule has 2 aromatic heterocycles. The largest absolute Gasteiger partial charge is 0.487 e. The van der Waals surface area contributed by atoms with Gasteiger partial charge in [-0.05, 0) is 43.4 Å². The topological polar surface area (TPSA) is 92.3 Å². The van der Waals surface area contributed by atoms with Crippen molar-refractivity contribution >= 4 is 33.9 Å². The van der Waals surface area contributed by atoms with Crippen molar-refractivity contribution in [2.24, 2.45) is 0 Å². The van der Waals surface area contributed by atoms with Gasteiger partial charge in [-0.1, -0.05) is 0 Å². The SMILES string of the molecule is Cc1nsc(Nc2cncc(C(F)(F)F)n2)c1C(=O)Nc1ccc(F)c(OC2CCN(CC(F)(F)F)CC2)c1. The number of nitrogens with zero attached hydrogens (tertiary/aromatic N) is 4. The molecule has 0 radical (unpaired) electrons. The molecule has 0 bridgehead atoms.